The first-order valence-electron chi connectivity index (χ1n) is 9.37. The molecule has 0 aliphatic rings. The monoisotopic (exact) mass is 474 g/mol. The molecule has 7 heteroatoms. The predicted octanol–water partition coefficient (Wildman–Crippen LogP) is 6.21. The Balaban J connectivity index is 1.71. The number of benzene rings is 1. The Morgan fingerprint density at radius 2 is 2.21 bits per heavy atom. The van der Waals surface area contributed by atoms with Gasteiger partial charge >= 0.3 is 0 Å². The quantitative estimate of drug-likeness (QED) is 0.375. The van der Waals surface area contributed by atoms with Crippen LogP contribution in [0.1, 0.15) is 41.9 Å². The summed E-state index contributed by atoms with van der Waals surface area (Å²) in [5.74, 6) is 1.88. The molecule has 3 aromatic rings. The molecule has 152 valence electrons. The van der Waals surface area contributed by atoms with Crippen molar-refractivity contribution in [3.05, 3.63) is 69.4 Å². The van der Waals surface area contributed by atoms with E-state index < -0.39 is 0 Å². The summed E-state index contributed by atoms with van der Waals surface area (Å²) in [4.78, 5) is 17.1. The van der Waals surface area contributed by atoms with Crippen molar-refractivity contribution < 1.29 is 13.9 Å². The molecule has 0 fully saturated rings. The topological polar surface area (TPSA) is 63.8 Å². The Morgan fingerprint density at radius 1 is 1.34 bits per heavy atom. The number of thiophene rings is 1. The first kappa shape index (κ1) is 21.3. The Kier molecular flexibility index (Phi) is 7.66. The summed E-state index contributed by atoms with van der Waals surface area (Å²) in [7, 11) is 0. The minimum absolute atomic E-state index is 0.183. The van der Waals surface area contributed by atoms with Gasteiger partial charge in [-0.15, -0.1) is 11.3 Å². The lowest BCUT2D eigenvalue weighted by atomic mass is 10.1. The highest BCUT2D eigenvalue weighted by Gasteiger charge is 2.13. The Hall–Kier alpha value is -2.38. The minimum atomic E-state index is -0.183. The fraction of sp³-hybridized carbons (Fsp3) is 0.273. The molecule has 29 heavy (non-hydrogen) atoms. The summed E-state index contributed by atoms with van der Waals surface area (Å²) >= 11 is 4.91. The van der Waals surface area contributed by atoms with E-state index in [2.05, 4.69) is 40.1 Å². The molecule has 0 unspecified atom stereocenters. The van der Waals surface area contributed by atoms with E-state index in [4.69, 9.17) is 9.15 Å². The van der Waals surface area contributed by atoms with Gasteiger partial charge in [0, 0.05) is 16.3 Å². The van der Waals surface area contributed by atoms with Gasteiger partial charge in [-0.25, -0.2) is 4.99 Å². The SMILES string of the molecule is CC(C)CCOc1ccc(Br)cc1/C=N/c1sccc1C(=O)NCc1ccco1. The standard InChI is InChI=1S/C22H23BrN2O3S/c1-15(2)7-10-28-20-6-5-17(23)12-16(20)13-25-22-19(8-11-29-22)21(26)24-14-18-4-3-9-27-18/h3-6,8-9,11-13,15H,7,10,14H2,1-2H3,(H,24,26)/b25-13+. The molecule has 2 aromatic heterocycles. The van der Waals surface area contributed by atoms with E-state index in [1.165, 1.54) is 11.3 Å². The number of nitrogens with one attached hydrogen (secondary N) is 1. The van der Waals surface area contributed by atoms with E-state index in [0.717, 1.165) is 22.2 Å². The molecule has 3 rings (SSSR count). The molecule has 0 radical (unpaired) electrons. The normalized spacial score (nSPS) is 11.3. The lowest BCUT2D eigenvalue weighted by Gasteiger charge is -2.11. The van der Waals surface area contributed by atoms with Gasteiger partial charge in [-0.2, -0.15) is 0 Å². The molecular formula is C22H23BrN2O3S. The van der Waals surface area contributed by atoms with Crippen LogP contribution in [0.15, 0.2) is 61.9 Å². The van der Waals surface area contributed by atoms with Crippen molar-refractivity contribution in [2.24, 2.45) is 10.9 Å². The van der Waals surface area contributed by atoms with Gasteiger partial charge in [0.25, 0.3) is 5.91 Å². The third-order valence-electron chi connectivity index (χ3n) is 4.14. The van der Waals surface area contributed by atoms with E-state index in [1.807, 2.05) is 29.6 Å². The van der Waals surface area contributed by atoms with Crippen LogP contribution in [0, 0.1) is 5.92 Å². The van der Waals surface area contributed by atoms with Crippen LogP contribution in [0.5, 0.6) is 5.75 Å². The number of hydrogen-bond acceptors (Lipinski definition) is 5. The van der Waals surface area contributed by atoms with E-state index in [1.54, 1.807) is 24.6 Å². The Bertz CT molecular complexity index is 964. The van der Waals surface area contributed by atoms with Crippen molar-refractivity contribution in [3.8, 4) is 5.75 Å². The van der Waals surface area contributed by atoms with Crippen LogP contribution in [0.3, 0.4) is 0 Å². The highest BCUT2D eigenvalue weighted by Crippen LogP contribution is 2.28. The second-order valence-electron chi connectivity index (χ2n) is 6.87. The number of amides is 1. The van der Waals surface area contributed by atoms with Crippen molar-refractivity contribution in [2.45, 2.75) is 26.8 Å². The van der Waals surface area contributed by atoms with Gasteiger partial charge in [0.1, 0.15) is 16.5 Å². The molecule has 1 amide bonds. The van der Waals surface area contributed by atoms with Crippen molar-refractivity contribution in [3.63, 3.8) is 0 Å². The Morgan fingerprint density at radius 3 is 2.97 bits per heavy atom. The van der Waals surface area contributed by atoms with Gasteiger partial charge < -0.3 is 14.5 Å². The van der Waals surface area contributed by atoms with Crippen molar-refractivity contribution in [1.82, 2.24) is 5.32 Å². The summed E-state index contributed by atoms with van der Waals surface area (Å²) in [6, 6.07) is 11.2. The second kappa shape index (κ2) is 10.4. The fourth-order valence-corrected chi connectivity index (χ4v) is 3.65. The average Bonchev–Trinajstić information content (AvgIpc) is 3.37. The van der Waals surface area contributed by atoms with Gasteiger partial charge in [-0.05, 0) is 54.1 Å². The number of carbonyl (C=O) groups is 1. The largest absolute Gasteiger partial charge is 0.493 e. The summed E-state index contributed by atoms with van der Waals surface area (Å²) in [6.07, 6.45) is 4.31. The lowest BCUT2D eigenvalue weighted by molar-refractivity contribution is 0.0949. The molecule has 0 aliphatic heterocycles. The molecule has 2 heterocycles. The zero-order valence-electron chi connectivity index (χ0n) is 16.4. The van der Waals surface area contributed by atoms with Crippen LogP contribution in [0.2, 0.25) is 0 Å². The molecule has 0 atom stereocenters. The third-order valence-corrected chi connectivity index (χ3v) is 5.45. The number of nitrogens with zero attached hydrogens (tertiary/aromatic N) is 1. The number of furan rings is 1. The number of rotatable bonds is 9. The maximum Gasteiger partial charge on any atom is 0.254 e. The molecule has 0 aliphatic carbocycles. The van der Waals surface area contributed by atoms with Crippen LogP contribution >= 0.6 is 27.3 Å². The molecule has 1 aromatic carbocycles. The summed E-state index contributed by atoms with van der Waals surface area (Å²) in [5, 5.41) is 5.36. The van der Waals surface area contributed by atoms with E-state index in [0.29, 0.717) is 35.4 Å². The molecule has 5 nitrogen and oxygen atoms in total. The summed E-state index contributed by atoms with van der Waals surface area (Å²) in [5.41, 5.74) is 1.40. The van der Waals surface area contributed by atoms with E-state index in [-0.39, 0.29) is 5.91 Å². The van der Waals surface area contributed by atoms with E-state index >= 15 is 0 Å². The second-order valence-corrected chi connectivity index (χ2v) is 8.68. The van der Waals surface area contributed by atoms with Gasteiger partial charge in [-0.1, -0.05) is 29.8 Å². The van der Waals surface area contributed by atoms with Crippen LogP contribution in [-0.4, -0.2) is 18.7 Å². The first-order valence-corrected chi connectivity index (χ1v) is 11.0. The first-order chi connectivity index (χ1) is 14.0. The number of aliphatic imine (C=N–C) groups is 1. The summed E-state index contributed by atoms with van der Waals surface area (Å²) in [6.45, 7) is 5.33. The van der Waals surface area contributed by atoms with Gasteiger partial charge in [0.05, 0.1) is 25.0 Å². The average molecular weight is 475 g/mol. The molecule has 0 spiro atoms. The fourth-order valence-electron chi connectivity index (χ4n) is 2.53. The van der Waals surface area contributed by atoms with Crippen LogP contribution in [0.4, 0.5) is 5.00 Å². The zero-order chi connectivity index (χ0) is 20.6. The molecular weight excluding hydrogens is 452 g/mol. The van der Waals surface area contributed by atoms with Gasteiger partial charge in [0.15, 0.2) is 0 Å². The van der Waals surface area contributed by atoms with Gasteiger partial charge in [-0.3, -0.25) is 4.79 Å². The maximum absolute atomic E-state index is 12.5. The predicted molar refractivity (Wildman–Crippen MR) is 121 cm³/mol. The Labute approximate surface area is 182 Å². The number of ether oxygens (including phenoxy) is 1. The van der Waals surface area contributed by atoms with Crippen molar-refractivity contribution in [2.75, 3.05) is 6.61 Å². The molecule has 1 N–H and O–H groups in total. The zero-order valence-corrected chi connectivity index (χ0v) is 18.8. The van der Waals surface area contributed by atoms with Crippen LogP contribution in [0.25, 0.3) is 0 Å². The van der Waals surface area contributed by atoms with Gasteiger partial charge in [0.2, 0.25) is 0 Å². The van der Waals surface area contributed by atoms with Crippen molar-refractivity contribution >= 4 is 44.4 Å². The number of hydrogen-bond donors (Lipinski definition) is 1. The molecule has 0 saturated carbocycles. The van der Waals surface area contributed by atoms with Crippen LogP contribution in [-0.2, 0) is 6.54 Å². The van der Waals surface area contributed by atoms with E-state index in [9.17, 15) is 4.79 Å². The smallest absolute Gasteiger partial charge is 0.254 e. The van der Waals surface area contributed by atoms with Crippen molar-refractivity contribution in [1.29, 1.82) is 0 Å². The third kappa shape index (κ3) is 6.30. The van der Waals surface area contributed by atoms with Crippen LogP contribution < -0.4 is 10.1 Å². The highest BCUT2D eigenvalue weighted by atomic mass is 79.9. The number of halogens is 1. The number of carbonyl (C=O) groups excluding carboxylic acids is 1. The molecule has 0 bridgehead atoms. The maximum atomic E-state index is 12.5. The highest BCUT2D eigenvalue weighted by molar-refractivity contribution is 9.10. The minimum Gasteiger partial charge on any atom is -0.493 e. The summed E-state index contributed by atoms with van der Waals surface area (Å²) < 4.78 is 12.1. The lowest BCUT2D eigenvalue weighted by Crippen LogP contribution is -2.22. The molecule has 0 saturated heterocycles.